The maximum absolute atomic E-state index is 5.92. The second-order valence-electron chi connectivity index (χ2n) is 4.78. The highest BCUT2D eigenvalue weighted by molar-refractivity contribution is 6.17. The number of benzene rings is 1. The van der Waals surface area contributed by atoms with Crippen LogP contribution in [0.15, 0.2) is 12.1 Å². The summed E-state index contributed by atoms with van der Waals surface area (Å²) in [6.07, 6.45) is 0.973. The van der Waals surface area contributed by atoms with Crippen LogP contribution in [0.3, 0.4) is 0 Å². The number of hydrogen-bond donors (Lipinski definition) is 0. The minimum Gasteiger partial charge on any atom is -0.496 e. The molecule has 1 aromatic carbocycles. The highest BCUT2D eigenvalue weighted by Gasteiger charge is 2.40. The first-order chi connectivity index (χ1) is 8.14. The van der Waals surface area contributed by atoms with Gasteiger partial charge >= 0.3 is 0 Å². The van der Waals surface area contributed by atoms with Gasteiger partial charge in [0.15, 0.2) is 0 Å². The third kappa shape index (κ3) is 2.04. The van der Waals surface area contributed by atoms with Crippen LogP contribution in [0.4, 0.5) is 0 Å². The van der Waals surface area contributed by atoms with E-state index in [-0.39, 0.29) is 5.41 Å². The lowest BCUT2D eigenvalue weighted by Crippen LogP contribution is -2.47. The molecule has 2 nitrogen and oxygen atoms in total. The largest absolute Gasteiger partial charge is 0.496 e. The summed E-state index contributed by atoms with van der Waals surface area (Å²) in [5.74, 6) is 1.63. The molecule has 3 heteroatoms. The topological polar surface area (TPSA) is 18.5 Å². The first-order valence-corrected chi connectivity index (χ1v) is 6.46. The SMILES string of the molecule is COc1ccc(C2(CCCl)COC2)c(C)c1C. The average Bonchev–Trinajstić information content (AvgIpc) is 2.28. The molecule has 94 valence electrons. The van der Waals surface area contributed by atoms with Crippen molar-refractivity contribution in [1.29, 1.82) is 0 Å². The van der Waals surface area contributed by atoms with Crippen LogP contribution in [-0.4, -0.2) is 26.2 Å². The van der Waals surface area contributed by atoms with Crippen LogP contribution in [0.1, 0.15) is 23.1 Å². The normalized spacial score (nSPS) is 17.6. The Morgan fingerprint density at radius 3 is 2.47 bits per heavy atom. The Labute approximate surface area is 108 Å². The van der Waals surface area contributed by atoms with Gasteiger partial charge in [-0.25, -0.2) is 0 Å². The van der Waals surface area contributed by atoms with Gasteiger partial charge in [-0.05, 0) is 43.0 Å². The van der Waals surface area contributed by atoms with Crippen molar-refractivity contribution in [2.75, 3.05) is 26.2 Å². The van der Waals surface area contributed by atoms with Crippen molar-refractivity contribution in [1.82, 2.24) is 0 Å². The lowest BCUT2D eigenvalue weighted by molar-refractivity contribution is -0.0619. The minimum absolute atomic E-state index is 0.128. The smallest absolute Gasteiger partial charge is 0.122 e. The van der Waals surface area contributed by atoms with Crippen LogP contribution in [0.25, 0.3) is 0 Å². The van der Waals surface area contributed by atoms with E-state index in [1.165, 1.54) is 16.7 Å². The Morgan fingerprint density at radius 2 is 2.00 bits per heavy atom. The van der Waals surface area contributed by atoms with E-state index in [9.17, 15) is 0 Å². The van der Waals surface area contributed by atoms with Crippen LogP contribution in [0, 0.1) is 13.8 Å². The Kier molecular flexibility index (Phi) is 3.64. The van der Waals surface area contributed by atoms with Gasteiger partial charge in [0.1, 0.15) is 5.75 Å². The van der Waals surface area contributed by atoms with Crippen LogP contribution in [0.2, 0.25) is 0 Å². The molecule has 0 unspecified atom stereocenters. The van der Waals surface area contributed by atoms with Crippen molar-refractivity contribution in [2.24, 2.45) is 0 Å². The summed E-state index contributed by atoms with van der Waals surface area (Å²) in [7, 11) is 1.71. The molecule has 1 saturated heterocycles. The van der Waals surface area contributed by atoms with E-state index in [0.29, 0.717) is 5.88 Å². The van der Waals surface area contributed by atoms with Crippen molar-refractivity contribution in [3.05, 3.63) is 28.8 Å². The average molecular weight is 255 g/mol. The summed E-state index contributed by atoms with van der Waals surface area (Å²) >= 11 is 5.92. The molecule has 1 aliphatic heterocycles. The van der Waals surface area contributed by atoms with E-state index < -0.39 is 0 Å². The summed E-state index contributed by atoms with van der Waals surface area (Å²) in [4.78, 5) is 0. The molecule has 1 aliphatic rings. The second-order valence-corrected chi connectivity index (χ2v) is 5.16. The van der Waals surface area contributed by atoms with Gasteiger partial charge in [0.05, 0.1) is 20.3 Å². The molecule has 0 radical (unpaired) electrons. The van der Waals surface area contributed by atoms with Crippen LogP contribution in [0.5, 0.6) is 5.75 Å². The number of ether oxygens (including phenoxy) is 2. The van der Waals surface area contributed by atoms with Gasteiger partial charge in [0.25, 0.3) is 0 Å². The molecular weight excluding hydrogens is 236 g/mol. The Balaban J connectivity index is 2.42. The van der Waals surface area contributed by atoms with Crippen LogP contribution in [-0.2, 0) is 10.2 Å². The fourth-order valence-corrected chi connectivity index (χ4v) is 2.92. The monoisotopic (exact) mass is 254 g/mol. The Bertz CT molecular complexity index is 411. The van der Waals surface area contributed by atoms with E-state index in [0.717, 1.165) is 25.4 Å². The minimum atomic E-state index is 0.128. The van der Waals surface area contributed by atoms with E-state index in [2.05, 4.69) is 19.9 Å². The number of alkyl halides is 1. The van der Waals surface area contributed by atoms with Gasteiger partial charge in [0, 0.05) is 11.3 Å². The molecule has 1 fully saturated rings. The molecule has 17 heavy (non-hydrogen) atoms. The fraction of sp³-hybridized carbons (Fsp3) is 0.571. The summed E-state index contributed by atoms with van der Waals surface area (Å²) in [5.41, 5.74) is 4.01. The van der Waals surface area contributed by atoms with Crippen molar-refractivity contribution in [3.63, 3.8) is 0 Å². The van der Waals surface area contributed by atoms with E-state index in [1.807, 2.05) is 6.07 Å². The summed E-state index contributed by atoms with van der Waals surface area (Å²) in [6.45, 7) is 5.83. The highest BCUT2D eigenvalue weighted by atomic mass is 35.5. The van der Waals surface area contributed by atoms with Gasteiger partial charge in [-0.3, -0.25) is 0 Å². The zero-order valence-electron chi connectivity index (χ0n) is 10.7. The van der Waals surface area contributed by atoms with Gasteiger partial charge in [-0.1, -0.05) is 6.07 Å². The summed E-state index contributed by atoms with van der Waals surface area (Å²) < 4.78 is 10.8. The molecule has 0 spiro atoms. The van der Waals surface area contributed by atoms with Gasteiger partial charge in [-0.15, -0.1) is 11.6 Å². The first kappa shape index (κ1) is 12.7. The van der Waals surface area contributed by atoms with E-state index in [1.54, 1.807) is 7.11 Å². The highest BCUT2D eigenvalue weighted by Crippen LogP contribution is 2.40. The van der Waals surface area contributed by atoms with Crippen molar-refractivity contribution < 1.29 is 9.47 Å². The number of hydrogen-bond acceptors (Lipinski definition) is 2. The Morgan fingerprint density at radius 1 is 1.29 bits per heavy atom. The molecule has 1 heterocycles. The lowest BCUT2D eigenvalue weighted by Gasteiger charge is -2.43. The van der Waals surface area contributed by atoms with E-state index in [4.69, 9.17) is 21.1 Å². The lowest BCUT2D eigenvalue weighted by atomic mass is 9.74. The molecule has 0 saturated carbocycles. The summed E-state index contributed by atoms with van der Waals surface area (Å²) in [6, 6.07) is 4.21. The van der Waals surface area contributed by atoms with Gasteiger partial charge in [0.2, 0.25) is 0 Å². The van der Waals surface area contributed by atoms with Gasteiger partial charge in [-0.2, -0.15) is 0 Å². The molecule has 2 rings (SSSR count). The predicted octanol–water partition coefficient (Wildman–Crippen LogP) is 3.21. The van der Waals surface area contributed by atoms with Crippen molar-refractivity contribution in [2.45, 2.75) is 25.7 Å². The zero-order chi connectivity index (χ0) is 12.5. The molecule has 1 aromatic rings. The van der Waals surface area contributed by atoms with E-state index >= 15 is 0 Å². The molecule has 0 bridgehead atoms. The first-order valence-electron chi connectivity index (χ1n) is 5.93. The van der Waals surface area contributed by atoms with Crippen LogP contribution < -0.4 is 4.74 Å². The molecule has 0 N–H and O–H groups in total. The number of methoxy groups -OCH3 is 1. The molecule has 0 atom stereocenters. The maximum Gasteiger partial charge on any atom is 0.122 e. The van der Waals surface area contributed by atoms with Crippen LogP contribution >= 0.6 is 11.6 Å². The fourth-order valence-electron chi connectivity index (χ4n) is 2.56. The second kappa shape index (κ2) is 4.87. The van der Waals surface area contributed by atoms with Crippen molar-refractivity contribution >= 4 is 11.6 Å². The Hall–Kier alpha value is -0.730. The summed E-state index contributed by atoms with van der Waals surface area (Å²) in [5, 5.41) is 0. The third-order valence-corrected chi connectivity index (χ3v) is 4.05. The van der Waals surface area contributed by atoms with Gasteiger partial charge < -0.3 is 9.47 Å². The van der Waals surface area contributed by atoms with Crippen molar-refractivity contribution in [3.8, 4) is 5.75 Å². The maximum atomic E-state index is 5.92. The molecule has 0 aliphatic carbocycles. The number of halogens is 1. The predicted molar refractivity (Wildman–Crippen MR) is 70.3 cm³/mol. The number of rotatable bonds is 4. The molecular formula is C14H19ClO2. The quantitative estimate of drug-likeness (QED) is 0.769. The zero-order valence-corrected chi connectivity index (χ0v) is 11.4. The molecule has 0 amide bonds. The third-order valence-electron chi connectivity index (χ3n) is 3.86. The standard InChI is InChI=1S/C14H19ClO2/c1-10-11(2)13(16-3)5-4-12(10)14(6-7-15)8-17-9-14/h4-5H,6-9H2,1-3H3. The molecule has 0 aromatic heterocycles.